The third-order valence-corrected chi connectivity index (χ3v) is 6.23. The normalized spacial score (nSPS) is 20.5. The Bertz CT molecular complexity index is 986. The van der Waals surface area contributed by atoms with Gasteiger partial charge in [0, 0.05) is 38.0 Å². The lowest BCUT2D eigenvalue weighted by Gasteiger charge is -2.23. The van der Waals surface area contributed by atoms with Crippen molar-refractivity contribution in [1.82, 2.24) is 4.90 Å². The van der Waals surface area contributed by atoms with Crippen LogP contribution < -0.4 is 14.4 Å². The van der Waals surface area contributed by atoms with Gasteiger partial charge in [0.15, 0.2) is 11.5 Å². The minimum absolute atomic E-state index is 0.00662. The molecule has 2 atom stereocenters. The summed E-state index contributed by atoms with van der Waals surface area (Å²) in [5.41, 5.74) is 2.89. The first-order valence-corrected chi connectivity index (χ1v) is 11.0. The van der Waals surface area contributed by atoms with E-state index >= 15 is 0 Å². The van der Waals surface area contributed by atoms with Crippen molar-refractivity contribution in [3.63, 3.8) is 0 Å². The Balaban J connectivity index is 1.44. The SMILES string of the molecule is COc1ccc([C@@H]2CC(=O)N(CC(=O)N(C)c3ccccc3C)C2)cc1O[C@@H]1CCOC1. The lowest BCUT2D eigenvalue weighted by atomic mass is 9.98. The van der Waals surface area contributed by atoms with Gasteiger partial charge in [-0.15, -0.1) is 0 Å². The van der Waals surface area contributed by atoms with Gasteiger partial charge in [0.25, 0.3) is 0 Å². The van der Waals surface area contributed by atoms with E-state index in [1.165, 1.54) is 0 Å². The van der Waals surface area contributed by atoms with E-state index in [-0.39, 0.29) is 30.4 Å². The lowest BCUT2D eigenvalue weighted by molar-refractivity contribution is -0.132. The maximum absolute atomic E-state index is 12.9. The average Bonchev–Trinajstić information content (AvgIpc) is 3.43. The van der Waals surface area contributed by atoms with E-state index in [0.717, 1.165) is 23.2 Å². The maximum atomic E-state index is 12.9. The summed E-state index contributed by atoms with van der Waals surface area (Å²) in [5, 5.41) is 0. The second-order valence-electron chi connectivity index (χ2n) is 8.43. The minimum Gasteiger partial charge on any atom is -0.493 e. The van der Waals surface area contributed by atoms with E-state index < -0.39 is 0 Å². The summed E-state index contributed by atoms with van der Waals surface area (Å²) < 4.78 is 17.0. The number of likely N-dealkylation sites (N-methyl/N-ethyl adjacent to an activating group) is 1. The van der Waals surface area contributed by atoms with Crippen LogP contribution in [-0.4, -0.2) is 63.3 Å². The number of likely N-dealkylation sites (tertiary alicyclic amines) is 1. The summed E-state index contributed by atoms with van der Waals surface area (Å²) in [5.74, 6) is 1.23. The quantitative estimate of drug-likeness (QED) is 0.664. The van der Waals surface area contributed by atoms with Crippen molar-refractivity contribution >= 4 is 17.5 Å². The molecular weight excluding hydrogens is 408 g/mol. The van der Waals surface area contributed by atoms with Crippen molar-refractivity contribution in [1.29, 1.82) is 0 Å². The number of ether oxygens (including phenoxy) is 3. The Hall–Kier alpha value is -3.06. The van der Waals surface area contributed by atoms with E-state index in [4.69, 9.17) is 14.2 Å². The molecule has 2 aliphatic heterocycles. The van der Waals surface area contributed by atoms with Crippen LogP contribution in [0.1, 0.15) is 29.9 Å². The number of para-hydroxylation sites is 1. The second kappa shape index (κ2) is 9.61. The summed E-state index contributed by atoms with van der Waals surface area (Å²) >= 11 is 0. The van der Waals surface area contributed by atoms with Crippen LogP contribution in [0.4, 0.5) is 5.69 Å². The molecule has 0 bridgehead atoms. The van der Waals surface area contributed by atoms with Crippen molar-refractivity contribution in [2.75, 3.05) is 45.4 Å². The number of amides is 2. The topological polar surface area (TPSA) is 68.3 Å². The van der Waals surface area contributed by atoms with Gasteiger partial charge < -0.3 is 24.0 Å². The first kappa shape index (κ1) is 22.1. The summed E-state index contributed by atoms with van der Waals surface area (Å²) in [7, 11) is 3.37. The Labute approximate surface area is 188 Å². The Morgan fingerprint density at radius 1 is 1.22 bits per heavy atom. The van der Waals surface area contributed by atoms with Gasteiger partial charge in [-0.25, -0.2) is 0 Å². The standard InChI is InChI=1S/C25H30N2O5/c1-17-6-4-5-7-21(17)26(2)25(29)15-27-14-19(13-24(27)28)18-8-9-22(30-3)23(12-18)32-20-10-11-31-16-20/h4-9,12,19-20H,10-11,13-16H2,1-3H3/t19-,20-/m1/s1. The molecule has 2 heterocycles. The maximum Gasteiger partial charge on any atom is 0.246 e. The van der Waals surface area contributed by atoms with Crippen molar-refractivity contribution in [2.24, 2.45) is 0 Å². The molecule has 2 aromatic carbocycles. The molecule has 170 valence electrons. The number of rotatable bonds is 7. The van der Waals surface area contributed by atoms with Crippen LogP contribution in [0.25, 0.3) is 0 Å². The van der Waals surface area contributed by atoms with Crippen LogP contribution in [0.15, 0.2) is 42.5 Å². The summed E-state index contributed by atoms with van der Waals surface area (Å²) in [6, 6.07) is 13.5. The fourth-order valence-electron chi connectivity index (χ4n) is 4.32. The van der Waals surface area contributed by atoms with Crippen molar-refractivity contribution in [2.45, 2.75) is 31.8 Å². The van der Waals surface area contributed by atoms with E-state index in [1.807, 2.05) is 49.4 Å². The molecule has 0 aliphatic carbocycles. The largest absolute Gasteiger partial charge is 0.493 e. The van der Waals surface area contributed by atoms with Gasteiger partial charge in [-0.2, -0.15) is 0 Å². The molecule has 2 fully saturated rings. The van der Waals surface area contributed by atoms with Crippen LogP contribution in [0.5, 0.6) is 11.5 Å². The number of benzene rings is 2. The van der Waals surface area contributed by atoms with Gasteiger partial charge in [0.05, 0.1) is 20.3 Å². The monoisotopic (exact) mass is 438 g/mol. The van der Waals surface area contributed by atoms with Gasteiger partial charge in [-0.1, -0.05) is 24.3 Å². The zero-order chi connectivity index (χ0) is 22.7. The number of carbonyl (C=O) groups is 2. The van der Waals surface area contributed by atoms with E-state index in [0.29, 0.717) is 37.7 Å². The van der Waals surface area contributed by atoms with Crippen LogP contribution >= 0.6 is 0 Å². The third-order valence-electron chi connectivity index (χ3n) is 6.23. The molecule has 4 rings (SSSR count). The highest BCUT2D eigenvalue weighted by atomic mass is 16.6. The molecule has 7 nitrogen and oxygen atoms in total. The zero-order valence-electron chi connectivity index (χ0n) is 18.9. The summed E-state index contributed by atoms with van der Waals surface area (Å²) in [6.07, 6.45) is 1.23. The molecule has 2 saturated heterocycles. The minimum atomic E-state index is -0.103. The second-order valence-corrected chi connectivity index (χ2v) is 8.43. The number of hydrogen-bond donors (Lipinski definition) is 0. The smallest absolute Gasteiger partial charge is 0.246 e. The third kappa shape index (κ3) is 4.72. The summed E-state index contributed by atoms with van der Waals surface area (Å²) in [6.45, 7) is 3.81. The molecule has 7 heteroatoms. The number of anilines is 1. The van der Waals surface area contributed by atoms with Crippen LogP contribution in [-0.2, 0) is 14.3 Å². The summed E-state index contributed by atoms with van der Waals surface area (Å²) in [4.78, 5) is 28.8. The number of carbonyl (C=O) groups excluding carboxylic acids is 2. The first-order valence-electron chi connectivity index (χ1n) is 11.0. The predicted octanol–water partition coefficient (Wildman–Crippen LogP) is 3.15. The average molecular weight is 439 g/mol. The van der Waals surface area contributed by atoms with Crippen molar-refractivity contribution in [3.8, 4) is 11.5 Å². The number of hydrogen-bond acceptors (Lipinski definition) is 5. The highest BCUT2D eigenvalue weighted by molar-refractivity contribution is 5.97. The number of aryl methyl sites for hydroxylation is 1. The van der Waals surface area contributed by atoms with Crippen LogP contribution in [0.2, 0.25) is 0 Å². The van der Waals surface area contributed by atoms with Gasteiger partial charge in [0.1, 0.15) is 12.6 Å². The fourth-order valence-corrected chi connectivity index (χ4v) is 4.32. The fraction of sp³-hybridized carbons (Fsp3) is 0.440. The Morgan fingerprint density at radius 3 is 2.75 bits per heavy atom. The molecule has 0 radical (unpaired) electrons. The Morgan fingerprint density at radius 2 is 2.03 bits per heavy atom. The molecule has 0 unspecified atom stereocenters. The van der Waals surface area contributed by atoms with Crippen LogP contribution in [0.3, 0.4) is 0 Å². The molecule has 0 aromatic heterocycles. The number of methoxy groups -OCH3 is 1. The molecule has 2 amide bonds. The van der Waals surface area contributed by atoms with Gasteiger partial charge in [0.2, 0.25) is 11.8 Å². The van der Waals surface area contributed by atoms with Gasteiger partial charge in [-0.3, -0.25) is 9.59 Å². The molecule has 32 heavy (non-hydrogen) atoms. The molecular formula is C25H30N2O5. The highest BCUT2D eigenvalue weighted by Gasteiger charge is 2.33. The van der Waals surface area contributed by atoms with Crippen molar-refractivity contribution in [3.05, 3.63) is 53.6 Å². The van der Waals surface area contributed by atoms with E-state index in [9.17, 15) is 9.59 Å². The van der Waals surface area contributed by atoms with Gasteiger partial charge >= 0.3 is 0 Å². The number of nitrogens with zero attached hydrogens (tertiary/aromatic N) is 2. The van der Waals surface area contributed by atoms with Crippen molar-refractivity contribution < 1.29 is 23.8 Å². The predicted molar refractivity (Wildman–Crippen MR) is 121 cm³/mol. The highest BCUT2D eigenvalue weighted by Crippen LogP contribution is 2.36. The Kier molecular flexibility index (Phi) is 6.65. The molecule has 0 N–H and O–H groups in total. The molecule has 2 aliphatic rings. The van der Waals surface area contributed by atoms with Gasteiger partial charge in [-0.05, 0) is 36.2 Å². The molecule has 0 saturated carbocycles. The molecule has 0 spiro atoms. The van der Waals surface area contributed by atoms with E-state index in [1.54, 1.807) is 24.0 Å². The first-order chi connectivity index (χ1) is 15.5. The lowest BCUT2D eigenvalue weighted by Crippen LogP contribution is -2.39. The zero-order valence-corrected chi connectivity index (χ0v) is 18.9. The molecule has 2 aromatic rings. The van der Waals surface area contributed by atoms with E-state index in [2.05, 4.69) is 0 Å². The van der Waals surface area contributed by atoms with Crippen LogP contribution in [0, 0.1) is 6.92 Å².